The van der Waals surface area contributed by atoms with E-state index >= 15 is 0 Å². The van der Waals surface area contributed by atoms with E-state index in [0.717, 1.165) is 0 Å². The highest BCUT2D eigenvalue weighted by atomic mass is 16.2. The van der Waals surface area contributed by atoms with Crippen LogP contribution in [0.2, 0.25) is 0 Å². The van der Waals surface area contributed by atoms with Gasteiger partial charge in [0.15, 0.2) is 5.78 Å². The van der Waals surface area contributed by atoms with Crippen LogP contribution in [0.3, 0.4) is 0 Å². The van der Waals surface area contributed by atoms with Gasteiger partial charge < -0.3 is 16.0 Å². The Morgan fingerprint density at radius 3 is 1.93 bits per heavy atom. The number of urea groups is 1. The summed E-state index contributed by atoms with van der Waals surface area (Å²) < 4.78 is 0. The molecule has 0 radical (unpaired) electrons. The second-order valence-electron chi connectivity index (χ2n) is 3.29. The van der Waals surface area contributed by atoms with Crippen LogP contribution in [0.5, 0.6) is 0 Å². The van der Waals surface area contributed by atoms with Crippen LogP contribution in [-0.2, 0) is 9.59 Å². The standard InChI is InChI=1S/C9H17N3O3/c1-5(7(3)13)11-8(14)6(2)12-9(15)10-4/h5-6H,1-4H3,(H,11,14)(H2,10,12,15). The Balaban J connectivity index is 4.10. The molecule has 2 atom stereocenters. The molecule has 0 rings (SSSR count). The highest BCUT2D eigenvalue weighted by Crippen LogP contribution is 1.87. The fraction of sp³-hybridized carbons (Fsp3) is 0.667. The van der Waals surface area contributed by atoms with E-state index in [1.807, 2.05) is 0 Å². The molecule has 15 heavy (non-hydrogen) atoms. The lowest BCUT2D eigenvalue weighted by molar-refractivity contribution is -0.127. The second kappa shape index (κ2) is 6.00. The van der Waals surface area contributed by atoms with E-state index < -0.39 is 18.1 Å². The predicted octanol–water partition coefficient (Wildman–Crippen LogP) is -0.602. The molecular weight excluding hydrogens is 198 g/mol. The van der Waals surface area contributed by atoms with Crippen molar-refractivity contribution in [3.63, 3.8) is 0 Å². The van der Waals surface area contributed by atoms with Crippen LogP contribution < -0.4 is 16.0 Å². The first kappa shape index (κ1) is 13.4. The summed E-state index contributed by atoms with van der Waals surface area (Å²) in [6, 6.07) is -1.65. The van der Waals surface area contributed by atoms with E-state index in [2.05, 4.69) is 16.0 Å². The summed E-state index contributed by atoms with van der Waals surface area (Å²) in [7, 11) is 1.46. The third kappa shape index (κ3) is 4.99. The topological polar surface area (TPSA) is 87.3 Å². The van der Waals surface area contributed by atoms with Gasteiger partial charge in [-0.25, -0.2) is 4.79 Å². The molecule has 0 bridgehead atoms. The van der Waals surface area contributed by atoms with E-state index in [4.69, 9.17) is 0 Å². The number of ketones is 1. The average molecular weight is 215 g/mol. The van der Waals surface area contributed by atoms with E-state index in [-0.39, 0.29) is 11.7 Å². The lowest BCUT2D eigenvalue weighted by atomic mass is 10.2. The maximum atomic E-state index is 11.4. The first-order valence-corrected chi connectivity index (χ1v) is 4.67. The largest absolute Gasteiger partial charge is 0.345 e. The van der Waals surface area contributed by atoms with Crippen molar-refractivity contribution in [1.82, 2.24) is 16.0 Å². The molecule has 0 spiro atoms. The van der Waals surface area contributed by atoms with Gasteiger partial charge in [-0.2, -0.15) is 0 Å². The molecule has 0 aliphatic rings. The van der Waals surface area contributed by atoms with Gasteiger partial charge in [-0.15, -0.1) is 0 Å². The van der Waals surface area contributed by atoms with Crippen LogP contribution in [0, 0.1) is 0 Å². The quantitative estimate of drug-likeness (QED) is 0.585. The first-order valence-electron chi connectivity index (χ1n) is 4.67. The van der Waals surface area contributed by atoms with Crippen LogP contribution in [0.1, 0.15) is 20.8 Å². The van der Waals surface area contributed by atoms with Gasteiger partial charge in [-0.3, -0.25) is 9.59 Å². The number of hydrogen-bond acceptors (Lipinski definition) is 3. The summed E-state index contributed by atoms with van der Waals surface area (Å²) >= 11 is 0. The van der Waals surface area contributed by atoms with Gasteiger partial charge in [0, 0.05) is 7.05 Å². The summed E-state index contributed by atoms with van der Waals surface area (Å²) in [5.41, 5.74) is 0. The normalized spacial score (nSPS) is 13.6. The fourth-order valence-electron chi connectivity index (χ4n) is 0.774. The molecule has 0 aromatic rings. The first-order chi connectivity index (χ1) is 6.88. The molecule has 0 aromatic carbocycles. The van der Waals surface area contributed by atoms with Crippen molar-refractivity contribution >= 4 is 17.7 Å². The monoisotopic (exact) mass is 215 g/mol. The third-order valence-corrected chi connectivity index (χ3v) is 1.94. The van der Waals surface area contributed by atoms with E-state index in [0.29, 0.717) is 0 Å². The van der Waals surface area contributed by atoms with Crippen molar-refractivity contribution in [1.29, 1.82) is 0 Å². The third-order valence-electron chi connectivity index (χ3n) is 1.94. The lowest BCUT2D eigenvalue weighted by Crippen LogP contribution is -2.50. The molecule has 3 amide bonds. The molecular formula is C9H17N3O3. The molecule has 0 heterocycles. The number of carbonyl (C=O) groups excluding carboxylic acids is 3. The molecule has 3 N–H and O–H groups in total. The molecule has 0 fully saturated rings. The smallest absolute Gasteiger partial charge is 0.315 e. The number of carbonyl (C=O) groups is 3. The molecule has 86 valence electrons. The molecule has 0 aromatic heterocycles. The molecule has 2 unspecified atom stereocenters. The second-order valence-corrected chi connectivity index (χ2v) is 3.29. The van der Waals surface area contributed by atoms with Gasteiger partial charge in [0.05, 0.1) is 6.04 Å². The van der Waals surface area contributed by atoms with Crippen LogP contribution >= 0.6 is 0 Å². The Morgan fingerprint density at radius 1 is 1.00 bits per heavy atom. The zero-order valence-electron chi connectivity index (χ0n) is 9.38. The highest BCUT2D eigenvalue weighted by Gasteiger charge is 2.18. The minimum absolute atomic E-state index is 0.129. The summed E-state index contributed by atoms with van der Waals surface area (Å²) in [5, 5.41) is 7.21. The fourth-order valence-corrected chi connectivity index (χ4v) is 0.774. The number of hydrogen-bond donors (Lipinski definition) is 3. The summed E-state index contributed by atoms with van der Waals surface area (Å²) in [6.45, 7) is 4.52. The maximum Gasteiger partial charge on any atom is 0.315 e. The minimum atomic E-state index is -0.674. The predicted molar refractivity (Wildman–Crippen MR) is 55.3 cm³/mol. The Kier molecular flexibility index (Phi) is 5.36. The number of Topliss-reactive ketones (excluding diaryl/α,β-unsaturated/α-hetero) is 1. The highest BCUT2D eigenvalue weighted by molar-refractivity contribution is 5.91. The number of nitrogens with one attached hydrogen (secondary N) is 3. The Labute approximate surface area is 88.8 Å². The van der Waals surface area contributed by atoms with E-state index in [1.54, 1.807) is 6.92 Å². The average Bonchev–Trinajstić information content (AvgIpc) is 2.16. The van der Waals surface area contributed by atoms with Crippen molar-refractivity contribution < 1.29 is 14.4 Å². The SMILES string of the molecule is CNC(=O)NC(C)C(=O)NC(C)C(C)=O. The zero-order valence-corrected chi connectivity index (χ0v) is 9.38. The van der Waals surface area contributed by atoms with Crippen LogP contribution in [0.4, 0.5) is 4.79 Å². The van der Waals surface area contributed by atoms with Gasteiger partial charge >= 0.3 is 6.03 Å². The Hall–Kier alpha value is -1.59. The minimum Gasteiger partial charge on any atom is -0.345 e. The molecule has 0 aliphatic carbocycles. The van der Waals surface area contributed by atoms with Crippen molar-refractivity contribution in [3.05, 3.63) is 0 Å². The summed E-state index contributed by atoms with van der Waals surface area (Å²) in [4.78, 5) is 33.1. The van der Waals surface area contributed by atoms with Gasteiger partial charge in [0.25, 0.3) is 0 Å². The molecule has 0 saturated carbocycles. The van der Waals surface area contributed by atoms with Crippen LogP contribution in [-0.4, -0.2) is 36.9 Å². The van der Waals surface area contributed by atoms with Gasteiger partial charge in [0.1, 0.15) is 6.04 Å². The maximum absolute atomic E-state index is 11.4. The van der Waals surface area contributed by atoms with Gasteiger partial charge in [-0.1, -0.05) is 0 Å². The van der Waals surface area contributed by atoms with Crippen molar-refractivity contribution in [2.45, 2.75) is 32.9 Å². The van der Waals surface area contributed by atoms with Crippen molar-refractivity contribution in [2.75, 3.05) is 7.05 Å². The molecule has 0 saturated heterocycles. The van der Waals surface area contributed by atoms with Crippen LogP contribution in [0.15, 0.2) is 0 Å². The van der Waals surface area contributed by atoms with Crippen LogP contribution in [0.25, 0.3) is 0 Å². The van der Waals surface area contributed by atoms with E-state index in [1.165, 1.54) is 20.9 Å². The summed E-state index contributed by atoms with van der Waals surface area (Å²) in [5.74, 6) is -0.517. The van der Waals surface area contributed by atoms with Crippen molar-refractivity contribution in [2.24, 2.45) is 0 Å². The Bertz CT molecular complexity index is 265. The molecule has 6 heteroatoms. The lowest BCUT2D eigenvalue weighted by Gasteiger charge is -2.16. The number of rotatable bonds is 4. The number of amides is 3. The summed E-state index contributed by atoms with van der Waals surface area (Å²) in [6.07, 6.45) is 0. The van der Waals surface area contributed by atoms with Gasteiger partial charge in [-0.05, 0) is 20.8 Å². The molecule has 6 nitrogen and oxygen atoms in total. The van der Waals surface area contributed by atoms with E-state index in [9.17, 15) is 14.4 Å². The molecule has 0 aliphatic heterocycles. The van der Waals surface area contributed by atoms with Crippen molar-refractivity contribution in [3.8, 4) is 0 Å². The Morgan fingerprint density at radius 2 is 1.53 bits per heavy atom. The van der Waals surface area contributed by atoms with Gasteiger partial charge in [0.2, 0.25) is 5.91 Å². The zero-order chi connectivity index (χ0) is 12.0.